The lowest BCUT2D eigenvalue weighted by Crippen LogP contribution is -2.57. The SMILES string of the molecule is COc1cc2c(Oc3ccc(N(C(=O)C4(C(N)=O)CC4)c4ccc(F)cc4)cc3F)ccnc2cc1OCCCOCCOCCC(=O)NC(C(=O)N1C[C@H](O)C[C@H]1C(=O)NCc1ccc(-c2scnc2C)cc1)C(C)(C)C. The lowest BCUT2D eigenvalue weighted by molar-refractivity contribution is -0.144. The van der Waals surface area contributed by atoms with Crippen LogP contribution in [0, 0.1) is 29.4 Å². The van der Waals surface area contributed by atoms with Crippen molar-refractivity contribution in [2.45, 2.75) is 84.5 Å². The Bertz CT molecular complexity index is 3130. The Balaban J connectivity index is 0.763. The van der Waals surface area contributed by atoms with Gasteiger partial charge in [0.05, 0.1) is 66.9 Å². The van der Waals surface area contributed by atoms with Crippen LogP contribution in [0.15, 0.2) is 96.6 Å². The van der Waals surface area contributed by atoms with Crippen molar-refractivity contribution >= 4 is 63.2 Å². The first-order valence-corrected chi connectivity index (χ1v) is 26.4. The number of rotatable bonds is 24. The molecule has 6 aromatic rings. The standard InChI is InChI=1S/C57H63F2N7O11S/c1-34-50(78-33-63-34)36-9-7-35(8-10-36)31-62-52(69)44-28-40(67)32-65(44)53(70)51(56(2,3)4)64-49(68)18-24-75-26-25-74-22-6-23-76-48-30-43-41(29-47(48)73-5)45(17-21-61-43)77-46-16-15-39(27-42(46)59)66(38-13-11-37(58)12-14-38)55(72)57(19-20-57)54(60)71/h7-17,21,27,29-30,33,40,44,51,67H,6,18-20,22-26,28,31-32H2,1-5H3,(H2,60,71)(H,62,69)(H,64,68)/t40-,44+,51?/m1/s1. The predicted octanol–water partition coefficient (Wildman–Crippen LogP) is 7.68. The normalized spacial score (nSPS) is 16.1. The number of methoxy groups -OCH3 is 1. The molecule has 0 radical (unpaired) electrons. The zero-order chi connectivity index (χ0) is 55.7. The lowest BCUT2D eigenvalue weighted by Gasteiger charge is -2.35. The second-order valence-corrected chi connectivity index (χ2v) is 21.1. The predicted molar refractivity (Wildman–Crippen MR) is 287 cm³/mol. The van der Waals surface area contributed by atoms with Gasteiger partial charge in [-0.3, -0.25) is 33.9 Å². The number of aliphatic hydroxyl groups is 1. The Hall–Kier alpha value is -7.59. The molecule has 5 amide bonds. The topological polar surface area (TPSA) is 234 Å². The summed E-state index contributed by atoms with van der Waals surface area (Å²) < 4.78 is 58.8. The Kier molecular flexibility index (Phi) is 18.0. The van der Waals surface area contributed by atoms with Crippen LogP contribution in [-0.4, -0.2) is 114 Å². The Labute approximate surface area is 454 Å². The molecule has 1 aliphatic heterocycles. The molecule has 3 heterocycles. The number of anilines is 2. The highest BCUT2D eigenvalue weighted by Gasteiger charge is 2.57. The van der Waals surface area contributed by atoms with E-state index in [-0.39, 0.29) is 94.0 Å². The third-order valence-corrected chi connectivity index (χ3v) is 14.5. The lowest BCUT2D eigenvalue weighted by atomic mass is 9.85. The van der Waals surface area contributed by atoms with Gasteiger partial charge in [0.25, 0.3) is 0 Å². The number of aliphatic hydroxyl groups excluding tert-OH is 1. The van der Waals surface area contributed by atoms with E-state index in [1.54, 1.807) is 35.0 Å². The number of likely N-dealkylation sites (tertiary alicyclic amines) is 1. The highest BCUT2D eigenvalue weighted by molar-refractivity contribution is 7.13. The highest BCUT2D eigenvalue weighted by Crippen LogP contribution is 2.49. The van der Waals surface area contributed by atoms with Gasteiger partial charge in [-0.15, -0.1) is 11.3 Å². The molecular formula is C57H63F2N7O11S. The first-order valence-electron chi connectivity index (χ1n) is 25.5. The molecule has 412 valence electrons. The van der Waals surface area contributed by atoms with Crippen molar-refractivity contribution in [3.05, 3.63) is 120 Å². The van der Waals surface area contributed by atoms with Crippen molar-refractivity contribution in [1.29, 1.82) is 0 Å². The number of pyridine rings is 1. The van der Waals surface area contributed by atoms with Gasteiger partial charge >= 0.3 is 0 Å². The van der Waals surface area contributed by atoms with Gasteiger partial charge in [-0.2, -0.15) is 0 Å². The number of carbonyl (C=O) groups is 5. The molecule has 78 heavy (non-hydrogen) atoms. The zero-order valence-electron chi connectivity index (χ0n) is 44.0. The number of ether oxygens (including phenoxy) is 5. The summed E-state index contributed by atoms with van der Waals surface area (Å²) >= 11 is 1.56. The number of primary amides is 1. The quantitative estimate of drug-likeness (QED) is 0.0337. The van der Waals surface area contributed by atoms with E-state index in [1.165, 1.54) is 42.5 Å². The van der Waals surface area contributed by atoms with E-state index in [4.69, 9.17) is 29.4 Å². The van der Waals surface area contributed by atoms with Crippen LogP contribution < -0.4 is 35.5 Å². The van der Waals surface area contributed by atoms with Crippen molar-refractivity contribution in [1.82, 2.24) is 25.5 Å². The number of hydrogen-bond donors (Lipinski definition) is 4. The molecule has 4 aromatic carbocycles. The van der Waals surface area contributed by atoms with Crippen LogP contribution in [0.5, 0.6) is 23.0 Å². The molecule has 2 fully saturated rings. The van der Waals surface area contributed by atoms with Crippen molar-refractivity contribution in [3.8, 4) is 33.4 Å². The average molecular weight is 1090 g/mol. The molecule has 2 aromatic heterocycles. The van der Waals surface area contributed by atoms with Crippen LogP contribution in [-0.2, 0) is 40.0 Å². The molecule has 1 unspecified atom stereocenters. The summed E-state index contributed by atoms with van der Waals surface area (Å²) in [7, 11) is 1.48. The van der Waals surface area contributed by atoms with Crippen LogP contribution in [0.4, 0.5) is 20.2 Å². The van der Waals surface area contributed by atoms with Gasteiger partial charge in [-0.1, -0.05) is 45.0 Å². The smallest absolute Gasteiger partial charge is 0.247 e. The fourth-order valence-electron chi connectivity index (χ4n) is 9.04. The van der Waals surface area contributed by atoms with E-state index >= 15 is 4.39 Å². The maximum absolute atomic E-state index is 15.9. The number of fused-ring (bicyclic) bond motifs is 1. The summed E-state index contributed by atoms with van der Waals surface area (Å²) in [6.07, 6.45) is 1.65. The number of nitrogens with one attached hydrogen (secondary N) is 2. The van der Waals surface area contributed by atoms with Gasteiger partial charge in [-0.05, 0) is 84.8 Å². The number of nitrogens with zero attached hydrogens (tertiary/aromatic N) is 4. The molecule has 2 aliphatic rings. The van der Waals surface area contributed by atoms with Gasteiger partial charge in [0.15, 0.2) is 23.1 Å². The van der Waals surface area contributed by atoms with Crippen LogP contribution in [0.2, 0.25) is 0 Å². The molecule has 1 saturated carbocycles. The Morgan fingerprint density at radius 2 is 1.59 bits per heavy atom. The third-order valence-electron chi connectivity index (χ3n) is 13.5. The number of amides is 5. The number of carbonyl (C=O) groups excluding carboxylic acids is 5. The van der Waals surface area contributed by atoms with E-state index < -0.39 is 64.3 Å². The summed E-state index contributed by atoms with van der Waals surface area (Å²) in [6, 6.07) is 19.8. The summed E-state index contributed by atoms with van der Waals surface area (Å²) in [4.78, 5) is 79.0. The Morgan fingerprint density at radius 3 is 2.24 bits per heavy atom. The molecule has 0 spiro atoms. The number of β-amino-alcohol motifs (C(OH)–C–C–N with tert-alkyl or cyclic N) is 1. The number of hydrogen-bond acceptors (Lipinski definition) is 14. The van der Waals surface area contributed by atoms with Gasteiger partial charge in [-0.25, -0.2) is 13.8 Å². The van der Waals surface area contributed by atoms with E-state index in [0.29, 0.717) is 35.4 Å². The third kappa shape index (κ3) is 13.4. The van der Waals surface area contributed by atoms with E-state index in [9.17, 15) is 33.5 Å². The first kappa shape index (κ1) is 56.6. The molecular weight excluding hydrogens is 1030 g/mol. The number of aromatic nitrogens is 2. The van der Waals surface area contributed by atoms with Gasteiger partial charge in [0.2, 0.25) is 29.5 Å². The van der Waals surface area contributed by atoms with Crippen molar-refractivity contribution in [2.75, 3.05) is 51.6 Å². The fraction of sp³-hybridized carbons (Fsp3) is 0.386. The molecule has 0 bridgehead atoms. The Morgan fingerprint density at radius 1 is 0.872 bits per heavy atom. The maximum Gasteiger partial charge on any atom is 0.247 e. The number of halogens is 2. The zero-order valence-corrected chi connectivity index (χ0v) is 44.8. The molecule has 1 saturated heterocycles. The van der Waals surface area contributed by atoms with E-state index in [1.807, 2.05) is 52.0 Å². The number of benzene rings is 4. The summed E-state index contributed by atoms with van der Waals surface area (Å²) in [6.45, 7) is 8.75. The van der Waals surface area contributed by atoms with Gasteiger partial charge in [0, 0.05) is 68.4 Å². The van der Waals surface area contributed by atoms with Crippen molar-refractivity contribution in [2.24, 2.45) is 16.6 Å². The largest absolute Gasteiger partial charge is 0.493 e. The average Bonchev–Trinajstić information content (AvgIpc) is 4.00. The van der Waals surface area contributed by atoms with E-state index in [0.717, 1.165) is 44.8 Å². The van der Waals surface area contributed by atoms with Crippen molar-refractivity contribution in [3.63, 3.8) is 0 Å². The molecule has 1 aliphatic carbocycles. The minimum Gasteiger partial charge on any atom is -0.493 e. The molecule has 18 nitrogen and oxygen atoms in total. The maximum atomic E-state index is 15.9. The summed E-state index contributed by atoms with van der Waals surface area (Å²) in [5.74, 6) is -3.19. The summed E-state index contributed by atoms with van der Waals surface area (Å²) in [5, 5.41) is 16.8. The second kappa shape index (κ2) is 24.8. The minimum atomic E-state index is -1.44. The molecule has 8 rings (SSSR count). The van der Waals surface area contributed by atoms with Gasteiger partial charge < -0.3 is 50.1 Å². The number of thiazole rings is 1. The first-order chi connectivity index (χ1) is 37.4. The molecule has 3 atom stereocenters. The van der Waals surface area contributed by atoms with Crippen LogP contribution >= 0.6 is 11.3 Å². The number of aryl methyl sites for hydroxylation is 1. The molecule has 5 N–H and O–H groups in total. The van der Waals surface area contributed by atoms with Crippen LogP contribution in [0.3, 0.4) is 0 Å². The van der Waals surface area contributed by atoms with Crippen molar-refractivity contribution < 1.29 is 61.5 Å². The second-order valence-electron chi connectivity index (χ2n) is 20.2. The highest BCUT2D eigenvalue weighted by atomic mass is 32.1. The van der Waals surface area contributed by atoms with Crippen LogP contribution in [0.25, 0.3) is 21.3 Å². The van der Waals surface area contributed by atoms with E-state index in [2.05, 4.69) is 20.6 Å². The van der Waals surface area contributed by atoms with Gasteiger partial charge in [0.1, 0.15) is 29.1 Å². The van der Waals surface area contributed by atoms with Crippen LogP contribution in [0.1, 0.15) is 64.1 Å². The fourth-order valence-corrected chi connectivity index (χ4v) is 9.85. The minimum absolute atomic E-state index is 0.0228. The number of nitrogens with two attached hydrogens (primary N) is 1. The molecule has 21 heteroatoms. The summed E-state index contributed by atoms with van der Waals surface area (Å²) in [5.41, 5.74) is 8.88. The monoisotopic (exact) mass is 1090 g/mol.